The van der Waals surface area contributed by atoms with E-state index in [1.807, 2.05) is 27.2 Å². The van der Waals surface area contributed by atoms with E-state index in [0.29, 0.717) is 17.4 Å². The van der Waals surface area contributed by atoms with Gasteiger partial charge in [0.1, 0.15) is 13.2 Å². The number of nitrogens with zero attached hydrogens (tertiary/aromatic N) is 1. The van der Waals surface area contributed by atoms with Crippen LogP contribution in [0.25, 0.3) is 0 Å². The molecule has 0 aliphatic rings. The van der Waals surface area contributed by atoms with Crippen LogP contribution in [0.1, 0.15) is 303 Å². The minimum Gasteiger partial charge on any atom is -0.387 e. The summed E-state index contributed by atoms with van der Waals surface area (Å²) in [6, 6.07) is -0.849. The molecular formula is C72H132N2O6P+. The summed E-state index contributed by atoms with van der Waals surface area (Å²) in [7, 11) is 1.58. The Hall–Kier alpha value is -2.58. The molecule has 81 heavy (non-hydrogen) atoms. The lowest BCUT2D eigenvalue weighted by Gasteiger charge is -2.25. The third-order valence-corrected chi connectivity index (χ3v) is 16.0. The summed E-state index contributed by atoms with van der Waals surface area (Å²) < 4.78 is 23.8. The van der Waals surface area contributed by atoms with Gasteiger partial charge in [0.15, 0.2) is 0 Å². The molecule has 3 N–H and O–H groups in total. The van der Waals surface area contributed by atoms with Crippen LogP contribution in [0.2, 0.25) is 0 Å². The Morgan fingerprint density at radius 2 is 0.741 bits per heavy atom. The van der Waals surface area contributed by atoms with Crippen molar-refractivity contribution in [3.05, 3.63) is 97.2 Å². The van der Waals surface area contributed by atoms with Crippen molar-refractivity contribution >= 4 is 13.7 Å². The van der Waals surface area contributed by atoms with Crippen molar-refractivity contribution in [2.24, 2.45) is 0 Å². The molecule has 0 aromatic rings. The molecule has 9 heteroatoms. The van der Waals surface area contributed by atoms with E-state index >= 15 is 0 Å². The molecule has 3 atom stereocenters. The average molecular weight is 1150 g/mol. The first-order chi connectivity index (χ1) is 39.5. The van der Waals surface area contributed by atoms with Crippen LogP contribution >= 0.6 is 7.82 Å². The maximum Gasteiger partial charge on any atom is 0.472 e. The number of phosphoric acid groups is 1. The lowest BCUT2D eigenvalue weighted by atomic mass is 10.0. The van der Waals surface area contributed by atoms with Crippen molar-refractivity contribution in [1.82, 2.24) is 5.32 Å². The normalized spacial score (nSPS) is 14.3. The second-order valence-corrected chi connectivity index (χ2v) is 25.6. The number of carbonyl (C=O) groups excluding carboxylic acids is 1. The fraction of sp³-hybridized carbons (Fsp3) is 0.764. The van der Waals surface area contributed by atoms with Gasteiger partial charge >= 0.3 is 7.82 Å². The molecule has 0 radical (unpaired) electrons. The summed E-state index contributed by atoms with van der Waals surface area (Å²) in [5.41, 5.74) is 0. The van der Waals surface area contributed by atoms with Crippen molar-refractivity contribution in [3.63, 3.8) is 0 Å². The third-order valence-electron chi connectivity index (χ3n) is 15.1. The van der Waals surface area contributed by atoms with Crippen LogP contribution in [0.15, 0.2) is 97.2 Å². The molecule has 0 saturated carbocycles. The van der Waals surface area contributed by atoms with E-state index in [2.05, 4.69) is 104 Å². The molecule has 0 aromatic carbocycles. The number of phosphoric ester groups is 1. The van der Waals surface area contributed by atoms with Crippen molar-refractivity contribution in [1.29, 1.82) is 0 Å². The molecule has 0 heterocycles. The molecule has 3 unspecified atom stereocenters. The van der Waals surface area contributed by atoms with Crippen LogP contribution in [0.5, 0.6) is 0 Å². The summed E-state index contributed by atoms with van der Waals surface area (Å²) in [6.45, 7) is 4.73. The number of quaternary nitrogens is 1. The molecule has 0 saturated heterocycles. The largest absolute Gasteiger partial charge is 0.472 e. The first-order valence-electron chi connectivity index (χ1n) is 34.1. The maximum atomic E-state index is 13.0. The number of nitrogens with one attached hydrogen (secondary N) is 1. The van der Waals surface area contributed by atoms with E-state index in [1.54, 1.807) is 6.08 Å². The molecule has 0 fully saturated rings. The number of rotatable bonds is 62. The highest BCUT2D eigenvalue weighted by Gasteiger charge is 2.28. The van der Waals surface area contributed by atoms with Gasteiger partial charge in [0.05, 0.1) is 39.9 Å². The van der Waals surface area contributed by atoms with E-state index in [0.717, 1.165) is 83.5 Å². The zero-order valence-electron chi connectivity index (χ0n) is 53.8. The SMILES string of the molecule is CC/C=C\C/C=C\C/C=C\C/C=C\C/C=C\C/C=C\C/C=C\CCCCCCCCCCCCCCCCCCCCCC(=O)NC(COP(=O)(O)OCC[N+](C)(C)C)C(O)/C=C/CCCCCCCCCCCCCCCCCC. The molecule has 1 amide bonds. The Bertz CT molecular complexity index is 1640. The highest BCUT2D eigenvalue weighted by atomic mass is 31.2. The zero-order chi connectivity index (χ0) is 59.1. The Kier molecular flexibility index (Phi) is 60.0. The molecule has 0 aliphatic heterocycles. The van der Waals surface area contributed by atoms with Gasteiger partial charge in [-0.2, -0.15) is 0 Å². The molecule has 0 aromatic heterocycles. The smallest absolute Gasteiger partial charge is 0.387 e. The summed E-state index contributed by atoms with van der Waals surface area (Å²) in [4.78, 5) is 23.4. The molecular weight excluding hydrogens is 1020 g/mol. The van der Waals surface area contributed by atoms with E-state index in [9.17, 15) is 19.4 Å². The topological polar surface area (TPSA) is 105 Å². The number of unbranched alkanes of at least 4 members (excludes halogenated alkanes) is 35. The number of hydrogen-bond donors (Lipinski definition) is 3. The van der Waals surface area contributed by atoms with Crippen molar-refractivity contribution in [3.8, 4) is 0 Å². The van der Waals surface area contributed by atoms with E-state index in [-0.39, 0.29) is 19.1 Å². The summed E-state index contributed by atoms with van der Waals surface area (Å²) in [6.07, 6.45) is 89.7. The fourth-order valence-corrected chi connectivity index (χ4v) is 10.5. The summed E-state index contributed by atoms with van der Waals surface area (Å²) >= 11 is 0. The highest BCUT2D eigenvalue weighted by molar-refractivity contribution is 7.47. The monoisotopic (exact) mass is 1150 g/mol. The van der Waals surface area contributed by atoms with E-state index in [4.69, 9.17) is 9.05 Å². The zero-order valence-corrected chi connectivity index (χ0v) is 54.6. The van der Waals surface area contributed by atoms with Crippen LogP contribution in [-0.4, -0.2) is 73.4 Å². The highest BCUT2D eigenvalue weighted by Crippen LogP contribution is 2.43. The molecule has 0 spiro atoms. The van der Waals surface area contributed by atoms with Gasteiger partial charge in [0.25, 0.3) is 0 Å². The van der Waals surface area contributed by atoms with Gasteiger partial charge in [-0.25, -0.2) is 4.57 Å². The third kappa shape index (κ3) is 64.8. The predicted molar refractivity (Wildman–Crippen MR) is 355 cm³/mol. The van der Waals surface area contributed by atoms with E-state index in [1.165, 1.54) is 199 Å². The van der Waals surface area contributed by atoms with Crippen LogP contribution in [-0.2, 0) is 18.4 Å². The first kappa shape index (κ1) is 78.4. The number of aliphatic hydroxyl groups excluding tert-OH is 1. The Balaban J connectivity index is 3.98. The second kappa shape index (κ2) is 62.0. The molecule has 470 valence electrons. The maximum absolute atomic E-state index is 13.0. The minimum atomic E-state index is -4.35. The van der Waals surface area contributed by atoms with Gasteiger partial charge in [0.2, 0.25) is 5.91 Å². The average Bonchev–Trinajstić information content (AvgIpc) is 3.43. The van der Waals surface area contributed by atoms with Crippen LogP contribution in [0, 0.1) is 0 Å². The van der Waals surface area contributed by atoms with Crippen molar-refractivity contribution in [2.45, 2.75) is 315 Å². The number of aliphatic hydroxyl groups is 1. The number of amides is 1. The fourth-order valence-electron chi connectivity index (χ4n) is 9.79. The minimum absolute atomic E-state index is 0.0605. The van der Waals surface area contributed by atoms with Crippen molar-refractivity contribution in [2.75, 3.05) is 40.9 Å². The lowest BCUT2D eigenvalue weighted by Crippen LogP contribution is -2.45. The van der Waals surface area contributed by atoms with Gasteiger partial charge in [-0.15, -0.1) is 0 Å². The quantitative estimate of drug-likeness (QED) is 0.0243. The summed E-state index contributed by atoms with van der Waals surface area (Å²) in [5.74, 6) is -0.175. The Morgan fingerprint density at radius 3 is 1.09 bits per heavy atom. The van der Waals surface area contributed by atoms with E-state index < -0.39 is 20.0 Å². The Morgan fingerprint density at radius 1 is 0.432 bits per heavy atom. The summed E-state index contributed by atoms with van der Waals surface area (Å²) in [5, 5.41) is 14.0. The number of hydrogen-bond acceptors (Lipinski definition) is 5. The van der Waals surface area contributed by atoms with Crippen LogP contribution < -0.4 is 5.32 Å². The number of likely N-dealkylation sites (N-methyl/N-ethyl adjacent to an activating group) is 1. The molecule has 0 rings (SSSR count). The number of allylic oxidation sites excluding steroid dienone is 15. The molecule has 8 nitrogen and oxygen atoms in total. The van der Waals surface area contributed by atoms with Gasteiger partial charge in [-0.05, 0) is 77.0 Å². The number of carbonyl (C=O) groups is 1. The van der Waals surface area contributed by atoms with Gasteiger partial charge in [-0.1, -0.05) is 317 Å². The van der Waals surface area contributed by atoms with Crippen LogP contribution in [0.4, 0.5) is 0 Å². The van der Waals surface area contributed by atoms with Crippen molar-refractivity contribution < 1.29 is 32.9 Å². The molecule has 0 aliphatic carbocycles. The lowest BCUT2D eigenvalue weighted by molar-refractivity contribution is -0.870. The Labute approximate surface area is 502 Å². The van der Waals surface area contributed by atoms with Gasteiger partial charge < -0.3 is 19.8 Å². The first-order valence-corrected chi connectivity index (χ1v) is 35.6. The van der Waals surface area contributed by atoms with Gasteiger partial charge in [-0.3, -0.25) is 13.8 Å². The van der Waals surface area contributed by atoms with Gasteiger partial charge in [0, 0.05) is 6.42 Å². The van der Waals surface area contributed by atoms with Crippen LogP contribution in [0.3, 0.4) is 0 Å². The molecule has 0 bridgehead atoms. The predicted octanol–water partition coefficient (Wildman–Crippen LogP) is 21.7. The second-order valence-electron chi connectivity index (χ2n) is 24.2. The standard InChI is InChI=1S/C72H131N2O6P/c1-6-8-10-12-14-16-18-20-22-24-26-27-28-29-30-31-32-33-34-35-36-37-38-39-40-41-42-43-44-45-46-47-48-50-52-54-56-58-60-62-64-66-72(76)73-70(69-80-81(77,78)79-68-67-74(3,4)5)71(75)65-63-61-59-57-55-53-51-49-25-23-21-19-17-15-13-11-9-7-2/h8,10,14,16,20,22,26-27,29-30,32-33,35-36,63,65,70-71,75H,6-7,9,11-13,15,17-19,21,23-25,28,31,34,37-62,64,66-69H2,1-5H3,(H-,73,76,77,78)/p+1/b10-8-,16-14-,22-20-,27-26-,30-29-,33-32-,36-35-,65-63+.